The van der Waals surface area contributed by atoms with Crippen molar-refractivity contribution in [2.24, 2.45) is 5.73 Å². The van der Waals surface area contributed by atoms with Gasteiger partial charge in [0, 0.05) is 24.9 Å². The summed E-state index contributed by atoms with van der Waals surface area (Å²) in [5.41, 5.74) is 7.40. The molecule has 1 fully saturated rings. The molecule has 1 aromatic carbocycles. The molecular weight excluding hydrogens is 266 g/mol. The van der Waals surface area contributed by atoms with Crippen LogP contribution in [0.25, 0.3) is 0 Å². The van der Waals surface area contributed by atoms with Crippen LogP contribution in [0.15, 0.2) is 24.3 Å². The Morgan fingerprint density at radius 1 is 1.43 bits per heavy atom. The van der Waals surface area contributed by atoms with E-state index in [1.807, 2.05) is 24.3 Å². The van der Waals surface area contributed by atoms with Crippen molar-refractivity contribution in [3.05, 3.63) is 29.8 Å². The van der Waals surface area contributed by atoms with Crippen molar-refractivity contribution in [1.29, 1.82) is 0 Å². The summed E-state index contributed by atoms with van der Waals surface area (Å²) in [6.07, 6.45) is 4.12. The second kappa shape index (κ2) is 8.12. The molecule has 0 saturated carbocycles. The molecule has 0 aromatic heterocycles. The average Bonchev–Trinajstić information content (AvgIpc) is 2.49. The van der Waals surface area contributed by atoms with E-state index in [1.165, 1.54) is 6.42 Å². The zero-order valence-corrected chi connectivity index (χ0v) is 12.4. The van der Waals surface area contributed by atoms with Gasteiger partial charge in [-0.05, 0) is 43.5 Å². The molecule has 1 atom stereocenters. The van der Waals surface area contributed by atoms with Crippen molar-refractivity contribution in [3.8, 4) is 0 Å². The molecule has 1 aromatic rings. The molecular formula is C16H25N3O2. The Hall–Kier alpha value is -1.43. The van der Waals surface area contributed by atoms with Gasteiger partial charge in [0.15, 0.2) is 0 Å². The minimum absolute atomic E-state index is 0.00555. The van der Waals surface area contributed by atoms with Crippen LogP contribution in [0.1, 0.15) is 31.2 Å². The van der Waals surface area contributed by atoms with E-state index in [0.29, 0.717) is 19.1 Å². The van der Waals surface area contributed by atoms with Crippen molar-refractivity contribution >= 4 is 11.6 Å². The number of aliphatic hydroxyl groups excluding tert-OH is 1. The lowest BCUT2D eigenvalue weighted by Crippen LogP contribution is -2.44. The van der Waals surface area contributed by atoms with Crippen LogP contribution in [-0.4, -0.2) is 41.7 Å². The molecule has 0 bridgehead atoms. The molecule has 5 nitrogen and oxygen atoms in total. The zero-order chi connectivity index (χ0) is 15.1. The Bertz CT molecular complexity index is 463. The van der Waals surface area contributed by atoms with Gasteiger partial charge in [0.1, 0.15) is 0 Å². The smallest absolute Gasteiger partial charge is 0.238 e. The Morgan fingerprint density at radius 3 is 3.05 bits per heavy atom. The highest BCUT2D eigenvalue weighted by Gasteiger charge is 2.23. The third-order valence-corrected chi connectivity index (χ3v) is 4.00. The Labute approximate surface area is 126 Å². The summed E-state index contributed by atoms with van der Waals surface area (Å²) in [6, 6.07) is 7.94. The first kappa shape index (κ1) is 15.9. The Morgan fingerprint density at radius 2 is 2.29 bits per heavy atom. The van der Waals surface area contributed by atoms with E-state index in [0.717, 1.165) is 37.1 Å². The first-order valence-corrected chi connectivity index (χ1v) is 7.66. The fourth-order valence-corrected chi connectivity index (χ4v) is 2.91. The maximum absolute atomic E-state index is 12.2. The first-order chi connectivity index (χ1) is 10.2. The van der Waals surface area contributed by atoms with Gasteiger partial charge in [0.25, 0.3) is 0 Å². The number of nitrogens with zero attached hydrogens (tertiary/aromatic N) is 1. The van der Waals surface area contributed by atoms with E-state index in [-0.39, 0.29) is 12.5 Å². The number of anilines is 1. The molecule has 2 rings (SSSR count). The number of carbonyl (C=O) groups excluding carboxylic acids is 1. The van der Waals surface area contributed by atoms with Gasteiger partial charge in [0.05, 0.1) is 6.54 Å². The van der Waals surface area contributed by atoms with E-state index in [2.05, 4.69) is 10.2 Å². The maximum Gasteiger partial charge on any atom is 0.238 e. The van der Waals surface area contributed by atoms with Gasteiger partial charge in [-0.3, -0.25) is 9.69 Å². The number of benzene rings is 1. The van der Waals surface area contributed by atoms with Crippen LogP contribution in [0.4, 0.5) is 5.69 Å². The summed E-state index contributed by atoms with van der Waals surface area (Å²) in [7, 11) is 0. The van der Waals surface area contributed by atoms with E-state index >= 15 is 0 Å². The lowest BCUT2D eigenvalue weighted by Gasteiger charge is -2.34. The van der Waals surface area contributed by atoms with Crippen molar-refractivity contribution in [1.82, 2.24) is 4.90 Å². The van der Waals surface area contributed by atoms with Crippen LogP contribution in [-0.2, 0) is 11.3 Å². The van der Waals surface area contributed by atoms with Crippen molar-refractivity contribution < 1.29 is 9.90 Å². The van der Waals surface area contributed by atoms with Crippen LogP contribution in [0.5, 0.6) is 0 Å². The van der Waals surface area contributed by atoms with Gasteiger partial charge in [-0.2, -0.15) is 0 Å². The van der Waals surface area contributed by atoms with E-state index < -0.39 is 0 Å². The number of hydrogen-bond donors (Lipinski definition) is 3. The maximum atomic E-state index is 12.2. The SMILES string of the molecule is NCc1cccc(NC(=O)CN2CCCCC2CCO)c1. The highest BCUT2D eigenvalue weighted by atomic mass is 16.3. The number of aliphatic hydroxyl groups is 1. The predicted octanol–water partition coefficient (Wildman–Crippen LogP) is 1.32. The van der Waals surface area contributed by atoms with Gasteiger partial charge >= 0.3 is 0 Å². The van der Waals surface area contributed by atoms with Gasteiger partial charge in [-0.1, -0.05) is 18.6 Å². The number of nitrogens with one attached hydrogen (secondary N) is 1. The van der Waals surface area contributed by atoms with Gasteiger partial charge < -0.3 is 16.2 Å². The van der Waals surface area contributed by atoms with Crippen molar-refractivity contribution in [2.45, 2.75) is 38.3 Å². The number of piperidine rings is 1. The second-order valence-corrected chi connectivity index (χ2v) is 5.59. The Balaban J connectivity index is 1.90. The lowest BCUT2D eigenvalue weighted by atomic mass is 9.99. The topological polar surface area (TPSA) is 78.6 Å². The van der Waals surface area contributed by atoms with Gasteiger partial charge in [-0.15, -0.1) is 0 Å². The number of hydrogen-bond acceptors (Lipinski definition) is 4. The Kier molecular flexibility index (Phi) is 6.17. The fraction of sp³-hybridized carbons (Fsp3) is 0.562. The second-order valence-electron chi connectivity index (χ2n) is 5.59. The molecule has 0 spiro atoms. The van der Waals surface area contributed by atoms with Crippen LogP contribution < -0.4 is 11.1 Å². The first-order valence-electron chi connectivity index (χ1n) is 7.66. The van der Waals surface area contributed by atoms with Crippen LogP contribution in [0, 0.1) is 0 Å². The number of amides is 1. The van der Waals surface area contributed by atoms with Crippen molar-refractivity contribution in [3.63, 3.8) is 0 Å². The molecule has 5 heteroatoms. The number of rotatable bonds is 6. The largest absolute Gasteiger partial charge is 0.396 e. The monoisotopic (exact) mass is 291 g/mol. The predicted molar refractivity (Wildman–Crippen MR) is 83.9 cm³/mol. The number of carbonyl (C=O) groups is 1. The van der Waals surface area contributed by atoms with E-state index in [1.54, 1.807) is 0 Å². The molecule has 0 radical (unpaired) electrons. The summed E-state index contributed by atoms with van der Waals surface area (Å²) in [6.45, 7) is 1.97. The highest BCUT2D eigenvalue weighted by molar-refractivity contribution is 5.92. The highest BCUT2D eigenvalue weighted by Crippen LogP contribution is 2.19. The van der Waals surface area contributed by atoms with Gasteiger partial charge in [-0.25, -0.2) is 0 Å². The van der Waals surface area contributed by atoms with Crippen LogP contribution in [0.3, 0.4) is 0 Å². The number of likely N-dealkylation sites (tertiary alicyclic amines) is 1. The zero-order valence-electron chi connectivity index (χ0n) is 12.4. The molecule has 1 amide bonds. The molecule has 1 aliphatic heterocycles. The average molecular weight is 291 g/mol. The molecule has 1 unspecified atom stereocenters. The molecule has 116 valence electrons. The quantitative estimate of drug-likeness (QED) is 0.738. The van der Waals surface area contributed by atoms with Crippen molar-refractivity contribution in [2.75, 3.05) is 25.0 Å². The summed E-state index contributed by atoms with van der Waals surface area (Å²) in [5, 5.41) is 12.1. The third-order valence-electron chi connectivity index (χ3n) is 4.00. The van der Waals surface area contributed by atoms with E-state index in [4.69, 9.17) is 10.8 Å². The molecule has 0 aliphatic carbocycles. The van der Waals surface area contributed by atoms with Crippen LogP contribution >= 0.6 is 0 Å². The normalized spacial score (nSPS) is 19.4. The third kappa shape index (κ3) is 4.81. The molecule has 4 N–H and O–H groups in total. The summed E-state index contributed by atoms with van der Waals surface area (Å²) in [5.74, 6) is -0.00555. The summed E-state index contributed by atoms with van der Waals surface area (Å²) < 4.78 is 0. The standard InChI is InChI=1S/C16H25N3O2/c17-11-13-4-3-5-14(10-13)18-16(21)12-19-8-2-1-6-15(19)7-9-20/h3-5,10,15,20H,1-2,6-9,11-12,17H2,(H,18,21). The van der Waals surface area contributed by atoms with E-state index in [9.17, 15) is 4.79 Å². The summed E-state index contributed by atoms with van der Waals surface area (Å²) >= 11 is 0. The molecule has 1 aliphatic rings. The fourth-order valence-electron chi connectivity index (χ4n) is 2.91. The molecule has 21 heavy (non-hydrogen) atoms. The molecule has 1 heterocycles. The summed E-state index contributed by atoms with van der Waals surface area (Å²) in [4.78, 5) is 14.4. The van der Waals surface area contributed by atoms with Crippen LogP contribution in [0.2, 0.25) is 0 Å². The molecule has 1 saturated heterocycles. The lowest BCUT2D eigenvalue weighted by molar-refractivity contribution is -0.118. The minimum Gasteiger partial charge on any atom is -0.396 e. The van der Waals surface area contributed by atoms with Gasteiger partial charge in [0.2, 0.25) is 5.91 Å². The minimum atomic E-state index is -0.00555. The number of nitrogens with two attached hydrogens (primary N) is 1.